The number of hydrogen-bond donors (Lipinski definition) is 0. The van der Waals surface area contributed by atoms with E-state index >= 15 is 0 Å². The Labute approximate surface area is 184 Å². The summed E-state index contributed by atoms with van der Waals surface area (Å²) in [5.74, 6) is 0.986. The lowest BCUT2D eigenvalue weighted by Gasteiger charge is -2.39. The van der Waals surface area contributed by atoms with E-state index in [1.54, 1.807) is 13.3 Å². The summed E-state index contributed by atoms with van der Waals surface area (Å²) in [6.45, 7) is 9.91. The predicted molar refractivity (Wildman–Crippen MR) is 122 cm³/mol. The number of nitrogens with zero attached hydrogens (tertiary/aromatic N) is 4. The minimum Gasteiger partial charge on any atom is -0.483 e. The lowest BCUT2D eigenvalue weighted by atomic mass is 9.71. The molecular formula is C24H34N4O3. The average Bonchev–Trinajstić information content (AvgIpc) is 2.74. The van der Waals surface area contributed by atoms with Crippen molar-refractivity contribution in [3.63, 3.8) is 0 Å². The molecule has 0 N–H and O–H groups in total. The molecule has 1 aliphatic heterocycles. The van der Waals surface area contributed by atoms with Crippen molar-refractivity contribution in [1.29, 1.82) is 0 Å². The molecule has 1 aromatic carbocycles. The molecule has 4 rings (SSSR count). The van der Waals surface area contributed by atoms with E-state index in [-0.39, 0.29) is 17.1 Å². The molecule has 0 spiro atoms. The van der Waals surface area contributed by atoms with Crippen molar-refractivity contribution in [2.75, 3.05) is 38.2 Å². The highest BCUT2D eigenvalue weighted by atomic mass is 16.7. The van der Waals surface area contributed by atoms with Crippen LogP contribution in [0.2, 0.25) is 0 Å². The van der Waals surface area contributed by atoms with E-state index in [0.29, 0.717) is 11.7 Å². The maximum atomic E-state index is 13.6. The summed E-state index contributed by atoms with van der Waals surface area (Å²) in [5, 5.41) is 6.43. The van der Waals surface area contributed by atoms with Gasteiger partial charge in [0, 0.05) is 26.2 Å². The quantitative estimate of drug-likeness (QED) is 0.729. The van der Waals surface area contributed by atoms with Gasteiger partial charge in [0.2, 0.25) is 5.75 Å². The van der Waals surface area contributed by atoms with E-state index < -0.39 is 0 Å². The zero-order chi connectivity index (χ0) is 22.0. The molecule has 2 heterocycles. The van der Waals surface area contributed by atoms with E-state index in [4.69, 9.17) is 9.57 Å². The molecule has 0 bridgehead atoms. The smallest absolute Gasteiger partial charge is 0.316 e. The summed E-state index contributed by atoms with van der Waals surface area (Å²) >= 11 is 0. The van der Waals surface area contributed by atoms with Gasteiger partial charge in [0.1, 0.15) is 5.69 Å². The second-order valence-corrected chi connectivity index (χ2v) is 9.66. The maximum Gasteiger partial charge on any atom is 0.316 e. The highest BCUT2D eigenvalue weighted by Crippen LogP contribution is 2.40. The topological polar surface area (TPSA) is 59.8 Å². The van der Waals surface area contributed by atoms with E-state index in [1.807, 2.05) is 35.4 Å². The Morgan fingerprint density at radius 2 is 1.77 bits per heavy atom. The molecule has 1 saturated heterocycles. The lowest BCUT2D eigenvalue weighted by molar-refractivity contribution is -0.133. The zero-order valence-electron chi connectivity index (χ0n) is 19.1. The van der Waals surface area contributed by atoms with Gasteiger partial charge in [0.05, 0.1) is 25.1 Å². The third-order valence-corrected chi connectivity index (χ3v) is 6.38. The van der Waals surface area contributed by atoms with Crippen molar-refractivity contribution in [1.82, 2.24) is 14.8 Å². The second kappa shape index (κ2) is 9.01. The van der Waals surface area contributed by atoms with Gasteiger partial charge in [-0.15, -0.1) is 0 Å². The molecule has 1 aromatic heterocycles. The lowest BCUT2D eigenvalue weighted by Crippen LogP contribution is -2.46. The number of hydrogen-bond acceptors (Lipinski definition) is 6. The van der Waals surface area contributed by atoms with Crippen LogP contribution in [0.15, 0.2) is 41.3 Å². The summed E-state index contributed by atoms with van der Waals surface area (Å²) < 4.78 is 7.98. The van der Waals surface area contributed by atoms with Gasteiger partial charge in [-0.2, -0.15) is 14.8 Å². The van der Waals surface area contributed by atoms with Gasteiger partial charge < -0.3 is 14.5 Å². The monoisotopic (exact) mass is 426 g/mol. The highest BCUT2D eigenvalue weighted by Gasteiger charge is 2.35. The molecule has 31 heavy (non-hydrogen) atoms. The Kier molecular flexibility index (Phi) is 6.34. The van der Waals surface area contributed by atoms with Crippen molar-refractivity contribution in [2.24, 2.45) is 11.3 Å². The first-order chi connectivity index (χ1) is 14.9. The van der Waals surface area contributed by atoms with Gasteiger partial charge in [-0.25, -0.2) is 0 Å². The Morgan fingerprint density at radius 3 is 2.42 bits per heavy atom. The van der Waals surface area contributed by atoms with Crippen LogP contribution >= 0.6 is 0 Å². The third kappa shape index (κ3) is 4.93. The molecule has 1 saturated carbocycles. The van der Waals surface area contributed by atoms with Crippen molar-refractivity contribution in [3.8, 4) is 11.4 Å². The summed E-state index contributed by atoms with van der Waals surface area (Å²) in [5.41, 5.74) is 1.53. The van der Waals surface area contributed by atoms with Crippen LogP contribution < -0.4 is 15.2 Å². The van der Waals surface area contributed by atoms with Gasteiger partial charge in [-0.05, 0) is 42.7 Å². The first kappa shape index (κ1) is 21.8. The van der Waals surface area contributed by atoms with Crippen LogP contribution in [0.3, 0.4) is 0 Å². The fourth-order valence-corrected chi connectivity index (χ4v) is 5.14. The largest absolute Gasteiger partial charge is 0.483 e. The van der Waals surface area contributed by atoms with Crippen LogP contribution in [0, 0.1) is 11.3 Å². The highest BCUT2D eigenvalue weighted by molar-refractivity contribution is 5.57. The molecule has 0 amide bonds. The fraction of sp³-hybridized carbons (Fsp3) is 0.583. The number of rotatable bonds is 5. The van der Waals surface area contributed by atoms with Gasteiger partial charge in [-0.3, -0.25) is 4.79 Å². The number of para-hydroxylation sites is 1. The Hall–Kier alpha value is -2.38. The standard InChI is InChI=1S/C24H34N4O3/c1-18-14-20(16-24(2,3)15-18)31-22-21(26-10-12-27(30-4)13-11-26)17-25-28(23(22)29)19-8-6-5-7-9-19/h5-9,17-18,20H,10-16H2,1-4H3. The third-order valence-electron chi connectivity index (χ3n) is 6.38. The minimum atomic E-state index is -0.200. The average molecular weight is 427 g/mol. The van der Waals surface area contributed by atoms with Crippen LogP contribution in [0.25, 0.3) is 5.69 Å². The van der Waals surface area contributed by atoms with Crippen molar-refractivity contribution in [3.05, 3.63) is 46.9 Å². The molecular weight excluding hydrogens is 392 g/mol. The molecule has 168 valence electrons. The summed E-state index contributed by atoms with van der Waals surface area (Å²) in [6, 6.07) is 9.53. The van der Waals surface area contributed by atoms with E-state index in [0.717, 1.165) is 50.4 Å². The van der Waals surface area contributed by atoms with Crippen LogP contribution in [0.5, 0.6) is 5.75 Å². The van der Waals surface area contributed by atoms with E-state index in [1.165, 1.54) is 11.1 Å². The normalized spacial score (nSPS) is 24.2. The molecule has 2 atom stereocenters. The first-order valence-electron chi connectivity index (χ1n) is 11.2. The van der Waals surface area contributed by atoms with Crippen LogP contribution in [-0.4, -0.2) is 54.2 Å². The Morgan fingerprint density at radius 1 is 1.06 bits per heavy atom. The van der Waals surface area contributed by atoms with E-state index in [2.05, 4.69) is 30.8 Å². The molecule has 0 radical (unpaired) electrons. The maximum absolute atomic E-state index is 13.6. The minimum absolute atomic E-state index is 0.0251. The zero-order valence-corrected chi connectivity index (χ0v) is 19.1. The SMILES string of the molecule is CON1CCN(c2cnn(-c3ccccc3)c(=O)c2OC2CC(C)CC(C)(C)C2)CC1. The van der Waals surface area contributed by atoms with Gasteiger partial charge in [0.25, 0.3) is 0 Å². The molecule has 2 aromatic rings. The molecule has 1 aliphatic carbocycles. The molecule has 7 nitrogen and oxygen atoms in total. The summed E-state index contributed by atoms with van der Waals surface area (Å²) in [6.07, 6.45) is 4.90. The number of piperazine rings is 1. The number of aromatic nitrogens is 2. The van der Waals surface area contributed by atoms with Crippen LogP contribution in [0.4, 0.5) is 5.69 Å². The van der Waals surface area contributed by atoms with Crippen LogP contribution in [-0.2, 0) is 4.84 Å². The predicted octanol–water partition coefficient (Wildman–Crippen LogP) is 3.51. The fourth-order valence-electron chi connectivity index (χ4n) is 5.14. The molecule has 2 fully saturated rings. The molecule has 2 unspecified atom stereocenters. The Bertz CT molecular complexity index is 936. The summed E-state index contributed by atoms with van der Waals surface area (Å²) in [7, 11) is 1.69. The number of ether oxygens (including phenoxy) is 1. The Balaban J connectivity index is 1.70. The van der Waals surface area contributed by atoms with Gasteiger partial charge in [-0.1, -0.05) is 39.0 Å². The molecule has 2 aliphatic rings. The number of hydroxylamine groups is 2. The van der Waals surface area contributed by atoms with Crippen molar-refractivity contribution < 1.29 is 9.57 Å². The number of anilines is 1. The molecule has 7 heteroatoms. The second-order valence-electron chi connectivity index (χ2n) is 9.66. The van der Waals surface area contributed by atoms with E-state index in [9.17, 15) is 4.79 Å². The summed E-state index contributed by atoms with van der Waals surface area (Å²) in [4.78, 5) is 21.1. The first-order valence-corrected chi connectivity index (χ1v) is 11.2. The number of benzene rings is 1. The van der Waals surface area contributed by atoms with Crippen molar-refractivity contribution >= 4 is 5.69 Å². The van der Waals surface area contributed by atoms with Crippen molar-refractivity contribution in [2.45, 2.75) is 46.1 Å². The van der Waals surface area contributed by atoms with Gasteiger partial charge >= 0.3 is 5.56 Å². The van der Waals surface area contributed by atoms with Crippen LogP contribution in [0.1, 0.15) is 40.0 Å². The van der Waals surface area contributed by atoms with Gasteiger partial charge in [0.15, 0.2) is 0 Å².